The summed E-state index contributed by atoms with van der Waals surface area (Å²) in [6.45, 7) is 7.26. The molecule has 0 saturated heterocycles. The van der Waals surface area contributed by atoms with Crippen molar-refractivity contribution < 1.29 is 14.3 Å². The van der Waals surface area contributed by atoms with Gasteiger partial charge in [-0.25, -0.2) is 0 Å². The van der Waals surface area contributed by atoms with Gasteiger partial charge in [-0.05, 0) is 68.0 Å². The maximum Gasteiger partial charge on any atom is 0.261 e. The van der Waals surface area contributed by atoms with Gasteiger partial charge < -0.3 is 14.8 Å². The number of benzene rings is 2. The normalized spacial score (nSPS) is 11.7. The highest BCUT2D eigenvalue weighted by Crippen LogP contribution is 2.22. The minimum absolute atomic E-state index is 0.0920. The second-order valence-corrected chi connectivity index (χ2v) is 7.18. The molecule has 1 N–H and O–H groups in total. The van der Waals surface area contributed by atoms with Crippen molar-refractivity contribution in [3.63, 3.8) is 0 Å². The third kappa shape index (κ3) is 6.75. The van der Waals surface area contributed by atoms with Gasteiger partial charge in [-0.15, -0.1) is 0 Å². The van der Waals surface area contributed by atoms with Gasteiger partial charge in [0.05, 0.1) is 6.61 Å². The Labute approximate surface area is 173 Å². The maximum absolute atomic E-state index is 12.5. The van der Waals surface area contributed by atoms with E-state index >= 15 is 0 Å². The predicted octanol–water partition coefficient (Wildman–Crippen LogP) is 5.34. The summed E-state index contributed by atoms with van der Waals surface area (Å²) >= 11 is 6.04. The van der Waals surface area contributed by atoms with Crippen molar-refractivity contribution in [3.8, 4) is 11.5 Å². The fourth-order valence-electron chi connectivity index (χ4n) is 2.84. The topological polar surface area (TPSA) is 47.6 Å². The molecule has 1 amide bonds. The van der Waals surface area contributed by atoms with Crippen LogP contribution in [0.3, 0.4) is 0 Å². The van der Waals surface area contributed by atoms with Crippen LogP contribution in [0.2, 0.25) is 5.02 Å². The fraction of sp³-hybridized carbons (Fsp3) is 0.435. The molecule has 4 nitrogen and oxygen atoms in total. The average molecular weight is 404 g/mol. The Morgan fingerprint density at radius 1 is 1.18 bits per heavy atom. The Morgan fingerprint density at radius 3 is 2.68 bits per heavy atom. The highest BCUT2D eigenvalue weighted by molar-refractivity contribution is 6.31. The Bertz CT molecular complexity index is 763. The summed E-state index contributed by atoms with van der Waals surface area (Å²) in [5, 5.41) is 3.67. The molecule has 0 aliphatic carbocycles. The van der Waals surface area contributed by atoms with Crippen molar-refractivity contribution in [1.82, 2.24) is 5.32 Å². The van der Waals surface area contributed by atoms with E-state index in [0.29, 0.717) is 30.3 Å². The number of hydrogen-bond donors (Lipinski definition) is 1. The van der Waals surface area contributed by atoms with Gasteiger partial charge >= 0.3 is 0 Å². The fourth-order valence-corrected chi connectivity index (χ4v) is 2.96. The van der Waals surface area contributed by atoms with E-state index in [1.54, 1.807) is 12.1 Å². The van der Waals surface area contributed by atoms with Crippen LogP contribution in [0.1, 0.15) is 44.2 Å². The lowest BCUT2D eigenvalue weighted by Gasteiger charge is -2.18. The van der Waals surface area contributed by atoms with Crippen LogP contribution < -0.4 is 14.8 Å². The molecule has 0 radical (unpaired) electrons. The predicted molar refractivity (Wildman–Crippen MR) is 114 cm³/mol. The molecule has 0 saturated carbocycles. The number of aryl methyl sites for hydroxylation is 2. The van der Waals surface area contributed by atoms with E-state index < -0.39 is 6.10 Å². The zero-order chi connectivity index (χ0) is 20.4. The standard InChI is InChI=1S/C23H30ClNO3/c1-4-15-27-22-11-7-6-9-18(22)10-8-14-25-23(26)21(5-2)28-19-12-13-20(24)17(3)16-19/h6-7,9,11-13,16,21H,4-5,8,10,14-15H2,1-3H3,(H,25,26). The zero-order valence-corrected chi connectivity index (χ0v) is 17.7. The molecule has 0 aliphatic heterocycles. The van der Waals surface area contributed by atoms with E-state index in [0.717, 1.165) is 30.6 Å². The smallest absolute Gasteiger partial charge is 0.261 e. The first kappa shape index (κ1) is 22.1. The minimum atomic E-state index is -0.513. The lowest BCUT2D eigenvalue weighted by molar-refractivity contribution is -0.128. The largest absolute Gasteiger partial charge is 0.493 e. The number of ether oxygens (including phenoxy) is 2. The lowest BCUT2D eigenvalue weighted by atomic mass is 10.1. The van der Waals surface area contributed by atoms with Crippen LogP contribution in [0.15, 0.2) is 42.5 Å². The SMILES string of the molecule is CCCOc1ccccc1CCCNC(=O)C(CC)Oc1ccc(Cl)c(C)c1. The molecule has 0 spiro atoms. The lowest BCUT2D eigenvalue weighted by Crippen LogP contribution is -2.38. The second-order valence-electron chi connectivity index (χ2n) is 6.78. The summed E-state index contributed by atoms with van der Waals surface area (Å²) in [7, 11) is 0. The first-order chi connectivity index (χ1) is 13.5. The quantitative estimate of drug-likeness (QED) is 0.515. The molecule has 28 heavy (non-hydrogen) atoms. The van der Waals surface area contributed by atoms with Crippen molar-refractivity contribution in [2.45, 2.75) is 52.6 Å². The minimum Gasteiger partial charge on any atom is -0.493 e. The summed E-state index contributed by atoms with van der Waals surface area (Å²) in [4.78, 5) is 12.5. The number of hydrogen-bond acceptors (Lipinski definition) is 3. The van der Waals surface area contributed by atoms with E-state index in [1.807, 2.05) is 38.1 Å². The number of rotatable bonds is 11. The monoisotopic (exact) mass is 403 g/mol. The van der Waals surface area contributed by atoms with Crippen molar-refractivity contribution in [3.05, 3.63) is 58.6 Å². The number of carbonyl (C=O) groups is 1. The molecule has 0 aliphatic rings. The van der Waals surface area contributed by atoms with Crippen LogP contribution >= 0.6 is 11.6 Å². The van der Waals surface area contributed by atoms with Crippen molar-refractivity contribution in [2.75, 3.05) is 13.2 Å². The van der Waals surface area contributed by atoms with E-state index in [4.69, 9.17) is 21.1 Å². The highest BCUT2D eigenvalue weighted by atomic mass is 35.5. The third-order valence-corrected chi connectivity index (χ3v) is 4.85. The van der Waals surface area contributed by atoms with Crippen molar-refractivity contribution in [1.29, 1.82) is 0 Å². The van der Waals surface area contributed by atoms with Gasteiger partial charge in [0.25, 0.3) is 5.91 Å². The molecule has 152 valence electrons. The molecule has 2 rings (SSSR count). The molecule has 0 heterocycles. The third-order valence-electron chi connectivity index (χ3n) is 4.43. The van der Waals surface area contributed by atoms with Gasteiger partial charge in [-0.3, -0.25) is 4.79 Å². The molecule has 1 atom stereocenters. The Kier molecular flexibility index (Phi) is 9.15. The number of carbonyl (C=O) groups excluding carboxylic acids is 1. The van der Waals surface area contributed by atoms with Gasteiger partial charge in [0.1, 0.15) is 11.5 Å². The molecule has 0 fully saturated rings. The van der Waals surface area contributed by atoms with Crippen LogP contribution in [0.4, 0.5) is 0 Å². The van der Waals surface area contributed by atoms with E-state index in [-0.39, 0.29) is 5.91 Å². The number of nitrogens with one attached hydrogen (secondary N) is 1. The first-order valence-electron chi connectivity index (χ1n) is 9.96. The van der Waals surface area contributed by atoms with Gasteiger partial charge in [0.2, 0.25) is 0 Å². The number of halogens is 1. The van der Waals surface area contributed by atoms with Crippen LogP contribution in [0.5, 0.6) is 11.5 Å². The zero-order valence-electron chi connectivity index (χ0n) is 17.0. The molecule has 2 aromatic rings. The van der Waals surface area contributed by atoms with Crippen LogP contribution in [0, 0.1) is 6.92 Å². The van der Waals surface area contributed by atoms with Crippen LogP contribution in [0.25, 0.3) is 0 Å². The number of amides is 1. The van der Waals surface area contributed by atoms with Gasteiger partial charge in [-0.1, -0.05) is 43.6 Å². The maximum atomic E-state index is 12.5. The second kappa shape index (κ2) is 11.6. The Balaban J connectivity index is 1.81. The molecule has 0 aromatic heterocycles. The Morgan fingerprint density at radius 2 is 1.96 bits per heavy atom. The summed E-state index contributed by atoms with van der Waals surface area (Å²) in [6, 6.07) is 13.5. The summed E-state index contributed by atoms with van der Waals surface area (Å²) in [6.07, 6.45) is 2.76. The highest BCUT2D eigenvalue weighted by Gasteiger charge is 2.18. The summed E-state index contributed by atoms with van der Waals surface area (Å²) in [5.41, 5.74) is 2.10. The van der Waals surface area contributed by atoms with Gasteiger partial charge in [0, 0.05) is 11.6 Å². The van der Waals surface area contributed by atoms with Crippen LogP contribution in [-0.2, 0) is 11.2 Å². The van der Waals surface area contributed by atoms with E-state index in [2.05, 4.69) is 18.3 Å². The molecule has 5 heteroatoms. The van der Waals surface area contributed by atoms with Crippen molar-refractivity contribution in [2.24, 2.45) is 0 Å². The number of para-hydroxylation sites is 1. The molecule has 2 aromatic carbocycles. The molecule has 0 bridgehead atoms. The van der Waals surface area contributed by atoms with Crippen LogP contribution in [-0.4, -0.2) is 25.2 Å². The van der Waals surface area contributed by atoms with Crippen molar-refractivity contribution >= 4 is 17.5 Å². The van der Waals surface area contributed by atoms with Gasteiger partial charge in [-0.2, -0.15) is 0 Å². The average Bonchev–Trinajstić information content (AvgIpc) is 2.71. The molecular formula is C23H30ClNO3. The van der Waals surface area contributed by atoms with Gasteiger partial charge in [0.15, 0.2) is 6.10 Å². The molecule has 1 unspecified atom stereocenters. The molecular weight excluding hydrogens is 374 g/mol. The van der Waals surface area contributed by atoms with E-state index in [9.17, 15) is 4.79 Å². The van der Waals surface area contributed by atoms with E-state index in [1.165, 1.54) is 5.56 Å². The summed E-state index contributed by atoms with van der Waals surface area (Å²) in [5.74, 6) is 1.50. The first-order valence-corrected chi connectivity index (χ1v) is 10.3. The Hall–Kier alpha value is -2.20. The summed E-state index contributed by atoms with van der Waals surface area (Å²) < 4.78 is 11.6.